The Kier molecular flexibility index (Phi) is 3.29. The molecule has 1 aromatic heterocycles. The van der Waals surface area contributed by atoms with E-state index >= 15 is 0 Å². The largest absolute Gasteiger partial charge is 0.463 e. The Morgan fingerprint density at radius 2 is 2.06 bits per heavy atom. The molecular weight excluding hydrogens is 219 g/mol. The van der Waals surface area contributed by atoms with Gasteiger partial charge in [0, 0.05) is 6.42 Å². The number of aliphatic hydroxyl groups is 1. The molecule has 0 saturated heterocycles. The van der Waals surface area contributed by atoms with Crippen LogP contribution in [0.3, 0.4) is 0 Å². The Bertz CT molecular complexity index is 517. The van der Waals surface area contributed by atoms with E-state index in [1.807, 2.05) is 13.0 Å². The molecule has 1 atom stereocenters. The van der Waals surface area contributed by atoms with E-state index in [0.29, 0.717) is 16.9 Å². The van der Waals surface area contributed by atoms with Gasteiger partial charge in [-0.1, -0.05) is 13.0 Å². The van der Waals surface area contributed by atoms with Gasteiger partial charge in [-0.3, -0.25) is 0 Å². The van der Waals surface area contributed by atoms with E-state index in [1.54, 1.807) is 19.1 Å². The van der Waals surface area contributed by atoms with E-state index in [-0.39, 0.29) is 5.82 Å². The monoisotopic (exact) mass is 234 g/mol. The molecule has 0 amide bonds. The molecule has 0 bridgehead atoms. The highest BCUT2D eigenvalue weighted by Gasteiger charge is 2.16. The molecule has 3 heteroatoms. The van der Waals surface area contributed by atoms with Gasteiger partial charge in [0.05, 0.1) is 0 Å². The average Bonchev–Trinajstić information content (AvgIpc) is 2.76. The highest BCUT2D eigenvalue weighted by atomic mass is 19.1. The lowest BCUT2D eigenvalue weighted by Crippen LogP contribution is -2.01. The fourth-order valence-electron chi connectivity index (χ4n) is 1.83. The van der Waals surface area contributed by atoms with Gasteiger partial charge in [0.25, 0.3) is 0 Å². The second-order valence-corrected chi connectivity index (χ2v) is 4.06. The lowest BCUT2D eigenvalue weighted by atomic mass is 10.0. The van der Waals surface area contributed by atoms with E-state index in [9.17, 15) is 9.50 Å². The summed E-state index contributed by atoms with van der Waals surface area (Å²) < 4.78 is 18.5. The Morgan fingerprint density at radius 1 is 1.29 bits per heavy atom. The van der Waals surface area contributed by atoms with Crippen LogP contribution in [0.25, 0.3) is 0 Å². The number of aliphatic hydroxyl groups excluding tert-OH is 1. The van der Waals surface area contributed by atoms with Crippen molar-refractivity contribution in [2.75, 3.05) is 0 Å². The van der Waals surface area contributed by atoms with Crippen LogP contribution in [0.15, 0.2) is 34.7 Å². The summed E-state index contributed by atoms with van der Waals surface area (Å²) in [5, 5.41) is 10.2. The van der Waals surface area contributed by atoms with Crippen molar-refractivity contribution < 1.29 is 13.9 Å². The summed E-state index contributed by atoms with van der Waals surface area (Å²) in [6, 6.07) is 7.94. The van der Waals surface area contributed by atoms with Gasteiger partial charge >= 0.3 is 0 Å². The molecule has 0 aliphatic heterocycles. The molecule has 0 aliphatic rings. The minimum absolute atomic E-state index is 0.299. The molecule has 2 aromatic rings. The summed E-state index contributed by atoms with van der Waals surface area (Å²) in [4.78, 5) is 0. The van der Waals surface area contributed by atoms with Crippen molar-refractivity contribution in [3.05, 3.63) is 58.8 Å². The molecule has 0 radical (unpaired) electrons. The predicted octanol–water partition coefficient (Wildman–Crippen LogP) is 3.37. The zero-order valence-corrected chi connectivity index (χ0v) is 9.90. The average molecular weight is 234 g/mol. The topological polar surface area (TPSA) is 33.4 Å². The minimum atomic E-state index is -0.837. The Morgan fingerprint density at radius 3 is 2.65 bits per heavy atom. The van der Waals surface area contributed by atoms with E-state index in [4.69, 9.17) is 4.42 Å². The second-order valence-electron chi connectivity index (χ2n) is 4.06. The molecule has 0 fully saturated rings. The molecule has 2 rings (SSSR count). The van der Waals surface area contributed by atoms with Crippen LogP contribution in [0, 0.1) is 12.7 Å². The number of hydrogen-bond acceptors (Lipinski definition) is 2. The lowest BCUT2D eigenvalue weighted by molar-refractivity contribution is 0.186. The molecular formula is C14H15FO2. The van der Waals surface area contributed by atoms with Crippen LogP contribution in [0.4, 0.5) is 4.39 Å². The molecule has 0 spiro atoms. The summed E-state index contributed by atoms with van der Waals surface area (Å²) in [5.74, 6) is 1.03. The number of benzene rings is 1. The summed E-state index contributed by atoms with van der Waals surface area (Å²) in [6.45, 7) is 3.75. The van der Waals surface area contributed by atoms with Crippen molar-refractivity contribution in [1.82, 2.24) is 0 Å². The first-order valence-corrected chi connectivity index (χ1v) is 5.64. The van der Waals surface area contributed by atoms with Crippen LogP contribution in [0.1, 0.15) is 35.7 Å². The van der Waals surface area contributed by atoms with Crippen molar-refractivity contribution in [2.45, 2.75) is 26.4 Å². The van der Waals surface area contributed by atoms with Crippen molar-refractivity contribution in [3.8, 4) is 0 Å². The third-order valence-electron chi connectivity index (χ3n) is 2.83. The molecule has 1 aromatic carbocycles. The zero-order chi connectivity index (χ0) is 12.4. The highest BCUT2D eigenvalue weighted by molar-refractivity contribution is 5.32. The predicted molar refractivity (Wildman–Crippen MR) is 63.3 cm³/mol. The minimum Gasteiger partial charge on any atom is -0.463 e. The Labute approximate surface area is 99.7 Å². The number of halogens is 1. The van der Waals surface area contributed by atoms with Gasteiger partial charge in [0.15, 0.2) is 0 Å². The third kappa shape index (κ3) is 2.39. The first-order valence-electron chi connectivity index (χ1n) is 5.64. The molecule has 1 N–H and O–H groups in total. The summed E-state index contributed by atoms with van der Waals surface area (Å²) in [7, 11) is 0. The van der Waals surface area contributed by atoms with Crippen LogP contribution in [0.2, 0.25) is 0 Å². The molecule has 17 heavy (non-hydrogen) atoms. The van der Waals surface area contributed by atoms with Gasteiger partial charge in [-0.25, -0.2) is 4.39 Å². The van der Waals surface area contributed by atoms with Crippen molar-refractivity contribution in [2.24, 2.45) is 0 Å². The fourth-order valence-corrected chi connectivity index (χ4v) is 1.83. The Balaban J connectivity index is 2.33. The smallest absolute Gasteiger partial charge is 0.137 e. The van der Waals surface area contributed by atoms with Gasteiger partial charge in [-0.15, -0.1) is 0 Å². The quantitative estimate of drug-likeness (QED) is 0.883. The molecule has 90 valence electrons. The summed E-state index contributed by atoms with van der Waals surface area (Å²) in [6.07, 6.45) is -0.0503. The van der Waals surface area contributed by atoms with Gasteiger partial charge in [-0.2, -0.15) is 0 Å². The molecule has 1 unspecified atom stereocenters. The van der Waals surface area contributed by atoms with Gasteiger partial charge in [0.2, 0.25) is 0 Å². The first kappa shape index (κ1) is 11.9. The maximum absolute atomic E-state index is 13.0. The Hall–Kier alpha value is -1.61. The number of aryl methyl sites for hydroxylation is 2. The van der Waals surface area contributed by atoms with Crippen molar-refractivity contribution in [3.63, 3.8) is 0 Å². The van der Waals surface area contributed by atoms with Gasteiger partial charge in [0.1, 0.15) is 23.4 Å². The zero-order valence-electron chi connectivity index (χ0n) is 9.90. The van der Waals surface area contributed by atoms with Crippen molar-refractivity contribution >= 4 is 0 Å². The highest BCUT2D eigenvalue weighted by Crippen LogP contribution is 2.26. The van der Waals surface area contributed by atoms with Crippen LogP contribution in [-0.4, -0.2) is 5.11 Å². The molecule has 0 aliphatic carbocycles. The number of hydrogen-bond donors (Lipinski definition) is 1. The molecule has 1 heterocycles. The SMILES string of the molecule is CCc1ccc(C(O)c2ccc(F)cc2C)o1. The maximum Gasteiger partial charge on any atom is 0.137 e. The van der Waals surface area contributed by atoms with Crippen molar-refractivity contribution in [1.29, 1.82) is 0 Å². The maximum atomic E-state index is 13.0. The molecule has 0 saturated carbocycles. The molecule has 2 nitrogen and oxygen atoms in total. The first-order chi connectivity index (χ1) is 8.11. The van der Waals surface area contributed by atoms with Crippen LogP contribution in [-0.2, 0) is 6.42 Å². The number of furan rings is 1. The fraction of sp³-hybridized carbons (Fsp3) is 0.286. The van der Waals surface area contributed by atoms with Gasteiger partial charge in [-0.05, 0) is 42.3 Å². The van der Waals surface area contributed by atoms with E-state index < -0.39 is 6.10 Å². The van der Waals surface area contributed by atoms with Crippen LogP contribution in [0.5, 0.6) is 0 Å². The number of rotatable bonds is 3. The summed E-state index contributed by atoms with van der Waals surface area (Å²) in [5.41, 5.74) is 1.38. The third-order valence-corrected chi connectivity index (χ3v) is 2.83. The lowest BCUT2D eigenvalue weighted by Gasteiger charge is -2.11. The van der Waals surface area contributed by atoms with E-state index in [1.165, 1.54) is 12.1 Å². The van der Waals surface area contributed by atoms with E-state index in [2.05, 4.69) is 0 Å². The normalized spacial score (nSPS) is 12.7. The van der Waals surface area contributed by atoms with Gasteiger partial charge < -0.3 is 9.52 Å². The van der Waals surface area contributed by atoms with Crippen LogP contribution < -0.4 is 0 Å². The van der Waals surface area contributed by atoms with E-state index in [0.717, 1.165) is 12.2 Å². The standard InChI is InChI=1S/C14H15FO2/c1-3-11-5-7-13(17-11)14(16)12-6-4-10(15)8-9(12)2/h4-8,14,16H,3H2,1-2H3. The second kappa shape index (κ2) is 4.72. The van der Waals surface area contributed by atoms with Crippen LogP contribution >= 0.6 is 0 Å². The summed E-state index contributed by atoms with van der Waals surface area (Å²) >= 11 is 0.